The van der Waals surface area contributed by atoms with Crippen molar-refractivity contribution in [3.63, 3.8) is 0 Å². The summed E-state index contributed by atoms with van der Waals surface area (Å²) in [4.78, 5) is 0. The summed E-state index contributed by atoms with van der Waals surface area (Å²) in [7, 11) is 0. The molecule has 136 valence electrons. The maximum atomic E-state index is 7.51. The molecule has 9 heteroatoms. The van der Waals surface area contributed by atoms with Crippen LogP contribution in [-0.2, 0) is 0 Å². The van der Waals surface area contributed by atoms with Gasteiger partial charge in [-0.2, -0.15) is 0 Å². The average molecular weight is 413 g/mol. The van der Waals surface area contributed by atoms with Crippen molar-refractivity contribution in [1.82, 2.24) is 5.16 Å². The van der Waals surface area contributed by atoms with E-state index < -0.39 is 0 Å². The van der Waals surface area contributed by atoms with E-state index in [1.54, 1.807) is 42.5 Å². The van der Waals surface area contributed by atoms with Crippen LogP contribution in [0.25, 0.3) is 22.6 Å². The van der Waals surface area contributed by atoms with Crippen molar-refractivity contribution >= 4 is 48.1 Å². The Morgan fingerprint density at radius 2 is 1.58 bits per heavy atom. The number of hydrogen-bond donors (Lipinski definition) is 4. The van der Waals surface area contributed by atoms with Gasteiger partial charge in [-0.1, -0.05) is 41.0 Å². The molecule has 0 radical (unpaired) electrons. The van der Waals surface area contributed by atoms with Gasteiger partial charge in [-0.3, -0.25) is 10.8 Å². The highest BCUT2D eigenvalue weighted by Crippen LogP contribution is 2.31. The second kappa shape index (κ2) is 8.71. The Kier molecular flexibility index (Phi) is 7.20. The van der Waals surface area contributed by atoms with E-state index in [1.165, 1.54) is 0 Å². The molecule has 0 aliphatic carbocycles. The van der Waals surface area contributed by atoms with Crippen LogP contribution in [0.4, 0.5) is 0 Å². The lowest BCUT2D eigenvalue weighted by molar-refractivity contribution is 0.435. The first-order valence-corrected chi connectivity index (χ1v) is 7.39. The van der Waals surface area contributed by atoms with Crippen molar-refractivity contribution in [2.45, 2.75) is 0 Å². The summed E-state index contributed by atoms with van der Waals surface area (Å²) in [6.07, 6.45) is 0. The first-order chi connectivity index (χ1) is 11.5. The fraction of sp³-hybridized carbons (Fsp3) is 0. The standard InChI is InChI=1S/C17H14ClN5O.2ClH/c18-13-7-11(17(21)22)4-5-12(13)15-8-14(23-24-15)9-2-1-3-10(6-9)16(19)20;;/h1-8H,(H3,19,20)(H3,21,22);2*1H. The molecule has 26 heavy (non-hydrogen) atoms. The fourth-order valence-corrected chi connectivity index (χ4v) is 2.54. The van der Waals surface area contributed by atoms with Crippen LogP contribution in [0.2, 0.25) is 5.02 Å². The highest BCUT2D eigenvalue weighted by molar-refractivity contribution is 6.33. The van der Waals surface area contributed by atoms with E-state index in [0.29, 0.717) is 33.2 Å². The van der Waals surface area contributed by atoms with Crippen LogP contribution in [0.15, 0.2) is 53.1 Å². The maximum Gasteiger partial charge on any atom is 0.168 e. The molecule has 0 aliphatic heterocycles. The summed E-state index contributed by atoms with van der Waals surface area (Å²) < 4.78 is 5.38. The molecule has 0 amide bonds. The van der Waals surface area contributed by atoms with Gasteiger partial charge in [-0.25, -0.2) is 0 Å². The summed E-state index contributed by atoms with van der Waals surface area (Å²) in [5.74, 6) is 0.435. The number of nitrogens with two attached hydrogens (primary N) is 2. The smallest absolute Gasteiger partial charge is 0.168 e. The Morgan fingerprint density at radius 1 is 0.923 bits per heavy atom. The van der Waals surface area contributed by atoms with Gasteiger partial charge in [-0.15, -0.1) is 24.8 Å². The highest BCUT2D eigenvalue weighted by atomic mass is 35.5. The number of amidine groups is 2. The molecule has 6 N–H and O–H groups in total. The number of nitrogen functional groups attached to an aromatic ring is 2. The van der Waals surface area contributed by atoms with Gasteiger partial charge in [0.2, 0.25) is 0 Å². The lowest BCUT2D eigenvalue weighted by Crippen LogP contribution is -2.10. The minimum Gasteiger partial charge on any atom is -0.384 e. The number of halogens is 3. The van der Waals surface area contributed by atoms with Crippen molar-refractivity contribution in [2.24, 2.45) is 11.5 Å². The van der Waals surface area contributed by atoms with Crippen LogP contribution in [0.3, 0.4) is 0 Å². The van der Waals surface area contributed by atoms with E-state index in [4.69, 9.17) is 38.4 Å². The van der Waals surface area contributed by atoms with E-state index in [-0.39, 0.29) is 36.5 Å². The monoisotopic (exact) mass is 411 g/mol. The van der Waals surface area contributed by atoms with Crippen LogP contribution in [0.5, 0.6) is 0 Å². The van der Waals surface area contributed by atoms with Crippen molar-refractivity contribution in [3.8, 4) is 22.6 Å². The van der Waals surface area contributed by atoms with Crippen LogP contribution < -0.4 is 11.5 Å². The average Bonchev–Trinajstić information content (AvgIpc) is 3.04. The van der Waals surface area contributed by atoms with Crippen molar-refractivity contribution in [3.05, 3.63) is 64.7 Å². The third kappa shape index (κ3) is 4.35. The number of nitrogens with one attached hydrogen (secondary N) is 2. The summed E-state index contributed by atoms with van der Waals surface area (Å²) in [6.45, 7) is 0. The predicted octanol–water partition coefficient (Wildman–Crippen LogP) is 4.07. The molecule has 0 fully saturated rings. The van der Waals surface area contributed by atoms with Gasteiger partial charge in [0.1, 0.15) is 17.4 Å². The Labute approximate surface area is 167 Å². The third-order valence-corrected chi connectivity index (χ3v) is 3.84. The fourth-order valence-electron chi connectivity index (χ4n) is 2.27. The number of rotatable bonds is 4. The molecule has 3 aromatic rings. The summed E-state index contributed by atoms with van der Waals surface area (Å²) in [6, 6.07) is 14.0. The largest absolute Gasteiger partial charge is 0.384 e. The Hall–Kier alpha value is -2.54. The third-order valence-electron chi connectivity index (χ3n) is 3.53. The zero-order valence-electron chi connectivity index (χ0n) is 13.3. The van der Waals surface area contributed by atoms with Gasteiger partial charge in [0, 0.05) is 28.3 Å². The highest BCUT2D eigenvalue weighted by Gasteiger charge is 2.13. The van der Waals surface area contributed by atoms with Crippen LogP contribution in [-0.4, -0.2) is 16.8 Å². The molecular weight excluding hydrogens is 397 g/mol. The van der Waals surface area contributed by atoms with E-state index in [1.807, 2.05) is 6.07 Å². The quantitative estimate of drug-likeness (QED) is 0.380. The molecule has 0 spiro atoms. The van der Waals surface area contributed by atoms with E-state index in [0.717, 1.165) is 5.56 Å². The second-order valence-electron chi connectivity index (χ2n) is 5.18. The molecule has 1 heterocycles. The van der Waals surface area contributed by atoms with Gasteiger partial charge < -0.3 is 16.0 Å². The minimum atomic E-state index is -0.0530. The second-order valence-corrected chi connectivity index (χ2v) is 5.59. The minimum absolute atomic E-state index is 0. The van der Waals surface area contributed by atoms with Gasteiger partial charge in [0.05, 0.1) is 5.02 Å². The SMILES string of the molecule is Cl.Cl.N=C(N)c1cccc(-c2cc(-c3ccc(C(=N)N)cc3Cl)on2)c1. The van der Waals surface area contributed by atoms with E-state index >= 15 is 0 Å². The van der Waals surface area contributed by atoms with Gasteiger partial charge in [-0.05, 0) is 18.2 Å². The van der Waals surface area contributed by atoms with Crippen molar-refractivity contribution < 1.29 is 4.52 Å². The summed E-state index contributed by atoms with van der Waals surface area (Å²) in [5, 5.41) is 19.4. The molecule has 0 unspecified atom stereocenters. The van der Waals surface area contributed by atoms with Gasteiger partial charge in [0.15, 0.2) is 5.76 Å². The molecule has 0 saturated heterocycles. The van der Waals surface area contributed by atoms with Crippen LogP contribution in [0.1, 0.15) is 11.1 Å². The molecular formula is C17H16Cl3N5O. The lowest BCUT2D eigenvalue weighted by atomic mass is 10.1. The number of hydrogen-bond acceptors (Lipinski definition) is 4. The number of aromatic nitrogens is 1. The molecule has 1 aromatic heterocycles. The molecule has 2 aromatic carbocycles. The normalized spacial score (nSPS) is 9.73. The predicted molar refractivity (Wildman–Crippen MR) is 109 cm³/mol. The molecule has 3 rings (SSSR count). The van der Waals surface area contributed by atoms with Crippen molar-refractivity contribution in [1.29, 1.82) is 10.8 Å². The zero-order chi connectivity index (χ0) is 17.3. The van der Waals surface area contributed by atoms with Crippen LogP contribution >= 0.6 is 36.4 Å². The molecule has 6 nitrogen and oxygen atoms in total. The molecule has 0 aliphatic rings. The Bertz CT molecular complexity index is 955. The number of benzene rings is 2. The molecule has 0 atom stereocenters. The summed E-state index contributed by atoms with van der Waals surface area (Å²) >= 11 is 6.25. The zero-order valence-corrected chi connectivity index (χ0v) is 15.7. The van der Waals surface area contributed by atoms with Gasteiger partial charge >= 0.3 is 0 Å². The van der Waals surface area contributed by atoms with E-state index in [2.05, 4.69) is 5.16 Å². The van der Waals surface area contributed by atoms with E-state index in [9.17, 15) is 0 Å². The lowest BCUT2D eigenvalue weighted by Gasteiger charge is -2.03. The first kappa shape index (κ1) is 21.5. The topological polar surface area (TPSA) is 126 Å². The maximum absolute atomic E-state index is 7.51. The summed E-state index contributed by atoms with van der Waals surface area (Å²) in [5.41, 5.74) is 14.2. The Morgan fingerprint density at radius 3 is 2.19 bits per heavy atom. The van der Waals surface area contributed by atoms with Gasteiger partial charge in [0.25, 0.3) is 0 Å². The van der Waals surface area contributed by atoms with Crippen LogP contribution in [0, 0.1) is 10.8 Å². The van der Waals surface area contributed by atoms with Crippen molar-refractivity contribution in [2.75, 3.05) is 0 Å². The molecule has 0 saturated carbocycles. The molecule has 0 bridgehead atoms. The Balaban J connectivity index is 0.00000169. The number of nitrogens with zero attached hydrogens (tertiary/aromatic N) is 1. The first-order valence-electron chi connectivity index (χ1n) is 7.01.